The number of allylic oxidation sites excluding steroid dienone is 2. The molecule has 6 nitrogen and oxygen atoms in total. The number of hydrazine groups is 1. The molecule has 1 aromatic rings. The molecular formula is C18H22N2O4. The molecule has 1 aromatic carbocycles. The summed E-state index contributed by atoms with van der Waals surface area (Å²) in [5.41, 5.74) is 6.77. The van der Waals surface area contributed by atoms with Gasteiger partial charge in [0.05, 0.1) is 17.9 Å². The van der Waals surface area contributed by atoms with E-state index in [1.54, 1.807) is 44.2 Å². The van der Waals surface area contributed by atoms with Crippen LogP contribution >= 0.6 is 0 Å². The molecule has 1 unspecified atom stereocenters. The Morgan fingerprint density at radius 2 is 1.88 bits per heavy atom. The molecular weight excluding hydrogens is 308 g/mol. The summed E-state index contributed by atoms with van der Waals surface area (Å²) in [6, 6.07) is 6.66. The van der Waals surface area contributed by atoms with E-state index in [4.69, 9.17) is 9.47 Å². The van der Waals surface area contributed by atoms with E-state index in [1.165, 1.54) is 0 Å². The molecule has 0 saturated heterocycles. The van der Waals surface area contributed by atoms with Crippen LogP contribution in [0.15, 0.2) is 48.4 Å². The third-order valence-corrected chi connectivity index (χ3v) is 3.63. The van der Waals surface area contributed by atoms with Crippen LogP contribution in [0.4, 0.5) is 0 Å². The highest BCUT2D eigenvalue weighted by molar-refractivity contribution is 5.90. The van der Waals surface area contributed by atoms with Crippen molar-refractivity contribution in [2.45, 2.75) is 32.7 Å². The quantitative estimate of drug-likeness (QED) is 0.616. The van der Waals surface area contributed by atoms with Gasteiger partial charge in [-0.2, -0.15) is 0 Å². The minimum Gasteiger partial charge on any atom is -0.462 e. The van der Waals surface area contributed by atoms with Gasteiger partial charge >= 0.3 is 11.9 Å². The van der Waals surface area contributed by atoms with Crippen LogP contribution in [-0.4, -0.2) is 18.5 Å². The summed E-state index contributed by atoms with van der Waals surface area (Å²) in [6.07, 6.45) is 2.52. The second-order valence-electron chi connectivity index (χ2n) is 5.47. The van der Waals surface area contributed by atoms with E-state index in [-0.39, 0.29) is 0 Å². The highest BCUT2D eigenvalue weighted by Crippen LogP contribution is 2.30. The number of hydrogen-bond donors (Lipinski definition) is 2. The van der Waals surface area contributed by atoms with Crippen molar-refractivity contribution in [3.05, 3.63) is 59.5 Å². The monoisotopic (exact) mass is 330 g/mol. The summed E-state index contributed by atoms with van der Waals surface area (Å²) >= 11 is 0. The van der Waals surface area contributed by atoms with Crippen LogP contribution in [0.2, 0.25) is 0 Å². The number of ether oxygens (including phenoxy) is 2. The van der Waals surface area contributed by atoms with E-state index < -0.39 is 17.5 Å². The number of nitrogens with one attached hydrogen (secondary N) is 2. The fourth-order valence-corrected chi connectivity index (χ4v) is 2.41. The number of esters is 2. The van der Waals surface area contributed by atoms with Crippen molar-refractivity contribution >= 4 is 11.9 Å². The van der Waals surface area contributed by atoms with E-state index in [1.807, 2.05) is 6.92 Å². The highest BCUT2D eigenvalue weighted by atomic mass is 16.5. The number of hydrogen-bond acceptors (Lipinski definition) is 6. The highest BCUT2D eigenvalue weighted by Gasteiger charge is 2.43. The average molecular weight is 330 g/mol. The lowest BCUT2D eigenvalue weighted by atomic mass is 9.89. The van der Waals surface area contributed by atoms with Gasteiger partial charge in [0.15, 0.2) is 5.54 Å². The zero-order valence-electron chi connectivity index (χ0n) is 14.1. The van der Waals surface area contributed by atoms with Gasteiger partial charge in [0.2, 0.25) is 0 Å². The lowest BCUT2D eigenvalue weighted by Crippen LogP contribution is -2.49. The van der Waals surface area contributed by atoms with Crippen molar-refractivity contribution in [3.63, 3.8) is 0 Å². The largest absolute Gasteiger partial charge is 0.462 e. The molecule has 0 radical (unpaired) electrons. The van der Waals surface area contributed by atoms with Gasteiger partial charge in [-0.05, 0) is 44.0 Å². The minimum atomic E-state index is -1.17. The Balaban J connectivity index is 2.38. The van der Waals surface area contributed by atoms with Crippen molar-refractivity contribution < 1.29 is 19.1 Å². The van der Waals surface area contributed by atoms with Gasteiger partial charge in [-0.15, -0.1) is 0 Å². The molecule has 0 bridgehead atoms. The molecule has 2 N–H and O–H groups in total. The van der Waals surface area contributed by atoms with Crippen LogP contribution in [0.3, 0.4) is 0 Å². The van der Waals surface area contributed by atoms with Crippen LogP contribution in [0, 0.1) is 0 Å². The van der Waals surface area contributed by atoms with Gasteiger partial charge in [0, 0.05) is 5.70 Å². The zero-order valence-corrected chi connectivity index (χ0v) is 14.1. The first-order valence-electron chi connectivity index (χ1n) is 7.83. The second kappa shape index (κ2) is 7.31. The molecule has 2 rings (SSSR count). The molecule has 1 heterocycles. The van der Waals surface area contributed by atoms with Gasteiger partial charge in [-0.3, -0.25) is 0 Å². The summed E-state index contributed by atoms with van der Waals surface area (Å²) in [7, 11) is 0. The minimum absolute atomic E-state index is 0.308. The molecule has 0 aliphatic carbocycles. The fourth-order valence-electron chi connectivity index (χ4n) is 2.41. The first-order chi connectivity index (χ1) is 11.4. The Morgan fingerprint density at radius 1 is 1.21 bits per heavy atom. The van der Waals surface area contributed by atoms with Crippen LogP contribution in [-0.2, 0) is 19.8 Å². The lowest BCUT2D eigenvalue weighted by molar-refractivity contribution is -0.145. The van der Waals surface area contributed by atoms with Gasteiger partial charge < -0.3 is 14.9 Å². The topological polar surface area (TPSA) is 76.7 Å². The Hall–Kier alpha value is -2.60. The molecule has 24 heavy (non-hydrogen) atoms. The molecule has 6 heteroatoms. The van der Waals surface area contributed by atoms with Gasteiger partial charge in [0.1, 0.15) is 0 Å². The van der Waals surface area contributed by atoms with Gasteiger partial charge in [-0.1, -0.05) is 25.6 Å². The summed E-state index contributed by atoms with van der Waals surface area (Å²) in [6.45, 7) is 9.26. The van der Waals surface area contributed by atoms with Crippen molar-refractivity contribution in [3.8, 4) is 0 Å². The molecule has 1 aliphatic rings. The Labute approximate surface area is 141 Å². The van der Waals surface area contributed by atoms with E-state index in [2.05, 4.69) is 17.4 Å². The number of benzene rings is 1. The standard InChI is InChI=1S/C18H22N2O4/c1-5-15-11-18(20-19-15,17(22)24-12(3)4)14-9-7-13(8-10-14)16(21)23-6-2/h7-11,19-20H,3,5-6H2,1-2,4H3. The van der Waals surface area contributed by atoms with E-state index in [0.717, 1.165) is 12.1 Å². The predicted molar refractivity (Wildman–Crippen MR) is 89.6 cm³/mol. The summed E-state index contributed by atoms with van der Waals surface area (Å²) in [5.74, 6) is -0.581. The third-order valence-electron chi connectivity index (χ3n) is 3.63. The summed E-state index contributed by atoms with van der Waals surface area (Å²) in [5, 5.41) is 0. The Kier molecular flexibility index (Phi) is 5.41. The van der Waals surface area contributed by atoms with Gasteiger partial charge in [0.25, 0.3) is 0 Å². The molecule has 0 fully saturated rings. The second-order valence-corrected chi connectivity index (χ2v) is 5.47. The van der Waals surface area contributed by atoms with Crippen LogP contribution < -0.4 is 10.9 Å². The van der Waals surface area contributed by atoms with Crippen LogP contribution in [0.1, 0.15) is 43.1 Å². The molecule has 1 aliphatic heterocycles. The van der Waals surface area contributed by atoms with Crippen LogP contribution in [0.5, 0.6) is 0 Å². The van der Waals surface area contributed by atoms with E-state index >= 15 is 0 Å². The maximum Gasteiger partial charge on any atom is 0.341 e. The fraction of sp³-hybridized carbons (Fsp3) is 0.333. The molecule has 128 valence electrons. The first-order valence-corrected chi connectivity index (χ1v) is 7.83. The van der Waals surface area contributed by atoms with E-state index in [0.29, 0.717) is 23.5 Å². The number of carbonyl (C=O) groups excluding carboxylic acids is 2. The molecule has 0 saturated carbocycles. The maximum absolute atomic E-state index is 12.6. The Morgan fingerprint density at radius 3 is 2.38 bits per heavy atom. The first kappa shape index (κ1) is 17.7. The third kappa shape index (κ3) is 3.49. The SMILES string of the molecule is C=C(C)OC(=O)C1(c2ccc(C(=O)OCC)cc2)C=C(CC)NN1. The molecule has 0 amide bonds. The molecule has 0 spiro atoms. The normalized spacial score (nSPS) is 19.2. The Bertz CT molecular complexity index is 679. The predicted octanol–water partition coefficient (Wildman–Crippen LogP) is 2.54. The van der Waals surface area contributed by atoms with Gasteiger partial charge in [-0.25, -0.2) is 15.0 Å². The van der Waals surface area contributed by atoms with E-state index in [9.17, 15) is 9.59 Å². The maximum atomic E-state index is 12.6. The van der Waals surface area contributed by atoms with Crippen molar-refractivity contribution in [1.82, 2.24) is 10.9 Å². The van der Waals surface area contributed by atoms with Crippen molar-refractivity contribution in [2.75, 3.05) is 6.61 Å². The molecule has 1 atom stereocenters. The molecule has 0 aromatic heterocycles. The van der Waals surface area contributed by atoms with Crippen molar-refractivity contribution in [1.29, 1.82) is 0 Å². The summed E-state index contributed by atoms with van der Waals surface area (Å²) in [4.78, 5) is 24.4. The lowest BCUT2D eigenvalue weighted by Gasteiger charge is -2.25. The van der Waals surface area contributed by atoms with Crippen molar-refractivity contribution in [2.24, 2.45) is 0 Å². The smallest absolute Gasteiger partial charge is 0.341 e. The number of carbonyl (C=O) groups is 2. The average Bonchev–Trinajstić information content (AvgIpc) is 3.00. The zero-order chi connectivity index (χ0) is 17.7. The number of rotatable bonds is 6. The van der Waals surface area contributed by atoms with Crippen LogP contribution in [0.25, 0.3) is 0 Å². The summed E-state index contributed by atoms with van der Waals surface area (Å²) < 4.78 is 10.2.